The first-order valence-electron chi connectivity index (χ1n) is 8.13. The third kappa shape index (κ3) is 2.94. The Labute approximate surface area is 148 Å². The van der Waals surface area contributed by atoms with Crippen molar-refractivity contribution in [1.29, 1.82) is 0 Å². The lowest BCUT2D eigenvalue weighted by Crippen LogP contribution is -2.28. The van der Waals surface area contributed by atoms with Gasteiger partial charge in [0.15, 0.2) is 9.84 Å². The maximum absolute atomic E-state index is 13.2. The molecule has 3 atom stereocenters. The second kappa shape index (κ2) is 6.78. The maximum Gasteiger partial charge on any atom is 0.182 e. The predicted molar refractivity (Wildman–Crippen MR) is 96.5 cm³/mol. The standard InChI is InChI=1S/C19H23NO4S/c1-23-13-19(12-20)17(14-8-10-15(24-2)11-9-14)18(19)25(21,22)16-6-4-3-5-7-16/h3-11,17-18H,12-13,20H2,1-2H3/t17-,18-,19-/m0/s1. The van der Waals surface area contributed by atoms with E-state index in [1.54, 1.807) is 44.6 Å². The van der Waals surface area contributed by atoms with Crippen molar-refractivity contribution in [1.82, 2.24) is 0 Å². The average Bonchev–Trinajstić information content (AvgIpc) is 3.32. The second-order valence-corrected chi connectivity index (χ2v) is 8.47. The Bertz CT molecular complexity index is 820. The van der Waals surface area contributed by atoms with Crippen LogP contribution in [0.15, 0.2) is 59.5 Å². The van der Waals surface area contributed by atoms with Gasteiger partial charge < -0.3 is 15.2 Å². The summed E-state index contributed by atoms with van der Waals surface area (Å²) in [5, 5.41) is -0.597. The zero-order chi connectivity index (χ0) is 18.1. The van der Waals surface area contributed by atoms with Crippen LogP contribution in [0.2, 0.25) is 0 Å². The van der Waals surface area contributed by atoms with Gasteiger partial charge in [-0.2, -0.15) is 0 Å². The van der Waals surface area contributed by atoms with Gasteiger partial charge in [0.1, 0.15) is 5.75 Å². The molecule has 0 unspecified atom stereocenters. The molecule has 0 radical (unpaired) electrons. The Kier molecular flexibility index (Phi) is 4.86. The van der Waals surface area contributed by atoms with Gasteiger partial charge in [-0.3, -0.25) is 0 Å². The third-order valence-electron chi connectivity index (χ3n) is 5.05. The molecule has 6 heteroatoms. The minimum absolute atomic E-state index is 0.200. The Morgan fingerprint density at radius 1 is 1.04 bits per heavy atom. The number of methoxy groups -OCH3 is 2. The monoisotopic (exact) mass is 361 g/mol. The first-order valence-corrected chi connectivity index (χ1v) is 9.68. The lowest BCUT2D eigenvalue weighted by atomic mass is 10.00. The van der Waals surface area contributed by atoms with Crippen LogP contribution in [0, 0.1) is 5.41 Å². The topological polar surface area (TPSA) is 78.6 Å². The molecule has 1 saturated carbocycles. The molecule has 2 N–H and O–H groups in total. The van der Waals surface area contributed by atoms with Crippen LogP contribution in [0.25, 0.3) is 0 Å². The molecule has 1 aliphatic rings. The van der Waals surface area contributed by atoms with E-state index < -0.39 is 20.5 Å². The maximum atomic E-state index is 13.2. The van der Waals surface area contributed by atoms with Gasteiger partial charge in [-0.1, -0.05) is 30.3 Å². The highest BCUT2D eigenvalue weighted by Gasteiger charge is 2.70. The molecule has 0 amide bonds. The van der Waals surface area contributed by atoms with E-state index in [1.165, 1.54) is 0 Å². The lowest BCUT2D eigenvalue weighted by molar-refractivity contribution is 0.142. The summed E-state index contributed by atoms with van der Waals surface area (Å²) in [5.41, 5.74) is 6.36. The molecule has 134 valence electrons. The molecule has 3 rings (SSSR count). The molecule has 0 aromatic heterocycles. The summed E-state index contributed by atoms with van der Waals surface area (Å²) in [5.74, 6) is 0.533. The van der Waals surface area contributed by atoms with Crippen LogP contribution in [-0.2, 0) is 14.6 Å². The van der Waals surface area contributed by atoms with Crippen molar-refractivity contribution in [2.45, 2.75) is 16.1 Å². The van der Waals surface area contributed by atoms with Gasteiger partial charge in [0.05, 0.1) is 23.9 Å². The largest absolute Gasteiger partial charge is 0.497 e. The molecule has 2 aromatic carbocycles. The number of benzene rings is 2. The average molecular weight is 361 g/mol. The van der Waals surface area contributed by atoms with Crippen LogP contribution in [0.5, 0.6) is 5.75 Å². The van der Waals surface area contributed by atoms with Gasteiger partial charge in [0.25, 0.3) is 0 Å². The fraction of sp³-hybridized carbons (Fsp3) is 0.368. The van der Waals surface area contributed by atoms with Crippen LogP contribution in [-0.4, -0.2) is 41.0 Å². The van der Waals surface area contributed by atoms with Crippen LogP contribution >= 0.6 is 0 Å². The molecular formula is C19H23NO4S. The van der Waals surface area contributed by atoms with E-state index in [4.69, 9.17) is 15.2 Å². The van der Waals surface area contributed by atoms with Gasteiger partial charge in [-0.05, 0) is 29.8 Å². The molecule has 0 aliphatic heterocycles. The summed E-state index contributed by atoms with van der Waals surface area (Å²) in [7, 11) is -0.334. The summed E-state index contributed by atoms with van der Waals surface area (Å²) in [6.45, 7) is 0.547. The minimum atomic E-state index is -3.51. The van der Waals surface area contributed by atoms with Crippen molar-refractivity contribution in [3.63, 3.8) is 0 Å². The number of hydrogen-bond acceptors (Lipinski definition) is 5. The van der Waals surface area contributed by atoms with Crippen molar-refractivity contribution in [3.05, 3.63) is 60.2 Å². The molecule has 2 aromatic rings. The molecule has 0 bridgehead atoms. The fourth-order valence-electron chi connectivity index (χ4n) is 3.76. The SMILES string of the molecule is COC[C@@]1(CN)[C@@H](c2ccc(OC)cc2)[C@@H]1S(=O)(=O)c1ccccc1. The van der Waals surface area contributed by atoms with Gasteiger partial charge in [0.2, 0.25) is 0 Å². The highest BCUT2D eigenvalue weighted by atomic mass is 32.2. The van der Waals surface area contributed by atoms with E-state index in [9.17, 15) is 8.42 Å². The Morgan fingerprint density at radius 3 is 2.20 bits per heavy atom. The Balaban J connectivity index is 2.03. The molecule has 25 heavy (non-hydrogen) atoms. The number of ether oxygens (including phenoxy) is 2. The van der Waals surface area contributed by atoms with Crippen molar-refractivity contribution >= 4 is 9.84 Å². The molecule has 5 nitrogen and oxygen atoms in total. The normalized spacial score (nSPS) is 25.6. The number of hydrogen-bond donors (Lipinski definition) is 1. The zero-order valence-electron chi connectivity index (χ0n) is 14.4. The summed E-state index contributed by atoms with van der Waals surface area (Å²) in [6.07, 6.45) is 0. The van der Waals surface area contributed by atoms with Crippen LogP contribution in [0.1, 0.15) is 11.5 Å². The number of sulfone groups is 1. The van der Waals surface area contributed by atoms with E-state index in [0.717, 1.165) is 11.3 Å². The lowest BCUT2D eigenvalue weighted by Gasteiger charge is -2.15. The molecular weight excluding hydrogens is 338 g/mol. The Morgan fingerprint density at radius 2 is 1.68 bits per heavy atom. The van der Waals surface area contributed by atoms with Crippen LogP contribution in [0.4, 0.5) is 0 Å². The second-order valence-electron chi connectivity index (χ2n) is 6.40. The number of nitrogens with two attached hydrogens (primary N) is 1. The Hall–Kier alpha value is -1.89. The highest BCUT2D eigenvalue weighted by Crippen LogP contribution is 2.63. The van der Waals surface area contributed by atoms with Gasteiger partial charge in [0, 0.05) is 25.0 Å². The first-order chi connectivity index (χ1) is 12.0. The van der Waals surface area contributed by atoms with E-state index in [1.807, 2.05) is 24.3 Å². The minimum Gasteiger partial charge on any atom is -0.497 e. The summed E-state index contributed by atoms with van der Waals surface area (Å²) in [4.78, 5) is 0.324. The third-order valence-corrected chi connectivity index (χ3v) is 7.39. The molecule has 0 spiro atoms. The number of rotatable bonds is 7. The molecule has 1 fully saturated rings. The molecule has 0 heterocycles. The van der Waals surface area contributed by atoms with Crippen molar-refractivity contribution in [3.8, 4) is 5.75 Å². The van der Waals surface area contributed by atoms with Crippen molar-refractivity contribution in [2.24, 2.45) is 11.1 Å². The quantitative estimate of drug-likeness (QED) is 0.818. The van der Waals surface area contributed by atoms with E-state index in [-0.39, 0.29) is 12.5 Å². The van der Waals surface area contributed by atoms with Crippen molar-refractivity contribution in [2.75, 3.05) is 27.4 Å². The predicted octanol–water partition coefficient (Wildman–Crippen LogP) is 2.23. The van der Waals surface area contributed by atoms with Gasteiger partial charge >= 0.3 is 0 Å². The summed E-state index contributed by atoms with van der Waals surface area (Å²) >= 11 is 0. The summed E-state index contributed by atoms with van der Waals surface area (Å²) in [6, 6.07) is 16.0. The highest BCUT2D eigenvalue weighted by molar-refractivity contribution is 7.92. The van der Waals surface area contributed by atoms with E-state index in [0.29, 0.717) is 11.5 Å². The smallest absolute Gasteiger partial charge is 0.182 e. The summed E-state index contributed by atoms with van der Waals surface area (Å²) < 4.78 is 37.0. The van der Waals surface area contributed by atoms with Gasteiger partial charge in [-0.15, -0.1) is 0 Å². The first kappa shape index (κ1) is 17.9. The fourth-order valence-corrected chi connectivity index (χ4v) is 6.23. The van der Waals surface area contributed by atoms with E-state index >= 15 is 0 Å². The molecule has 0 saturated heterocycles. The molecule has 1 aliphatic carbocycles. The van der Waals surface area contributed by atoms with Crippen LogP contribution < -0.4 is 10.5 Å². The van der Waals surface area contributed by atoms with E-state index in [2.05, 4.69) is 0 Å². The van der Waals surface area contributed by atoms with Gasteiger partial charge in [-0.25, -0.2) is 8.42 Å². The van der Waals surface area contributed by atoms with Crippen molar-refractivity contribution < 1.29 is 17.9 Å². The van der Waals surface area contributed by atoms with Crippen LogP contribution in [0.3, 0.4) is 0 Å². The zero-order valence-corrected chi connectivity index (χ0v) is 15.2.